The summed E-state index contributed by atoms with van der Waals surface area (Å²) in [5, 5.41) is 0.521. The molecule has 0 atom stereocenters. The van der Waals surface area contributed by atoms with Crippen LogP contribution in [0.4, 0.5) is 13.2 Å². The fourth-order valence-electron chi connectivity index (χ4n) is 2.18. The van der Waals surface area contributed by atoms with Crippen LogP contribution >= 0.6 is 11.6 Å². The van der Waals surface area contributed by atoms with Crippen molar-refractivity contribution in [2.75, 3.05) is 13.1 Å². The van der Waals surface area contributed by atoms with E-state index in [-0.39, 0.29) is 31.8 Å². The summed E-state index contributed by atoms with van der Waals surface area (Å²) in [5.41, 5.74) is 0.454. The van der Waals surface area contributed by atoms with Gasteiger partial charge >= 0.3 is 6.18 Å². The van der Waals surface area contributed by atoms with E-state index >= 15 is 0 Å². The Kier molecular flexibility index (Phi) is 4.04. The lowest BCUT2D eigenvalue weighted by Crippen LogP contribution is -2.42. The predicted molar refractivity (Wildman–Crippen MR) is 66.1 cm³/mol. The number of carbonyl (C=O) groups is 1. The molecule has 0 radical (unpaired) electrons. The topological polar surface area (TPSA) is 20.3 Å². The second kappa shape index (κ2) is 5.41. The number of benzene rings is 1. The molecule has 0 N–H and O–H groups in total. The number of nitrogens with zero attached hydrogens (tertiary/aromatic N) is 1. The first-order valence-electron chi connectivity index (χ1n) is 5.99. The summed E-state index contributed by atoms with van der Waals surface area (Å²) in [4.78, 5) is 13.5. The minimum atomic E-state index is -4.16. The Balaban J connectivity index is 1.98. The van der Waals surface area contributed by atoms with Crippen LogP contribution in [0.1, 0.15) is 23.2 Å². The summed E-state index contributed by atoms with van der Waals surface area (Å²) >= 11 is 5.72. The van der Waals surface area contributed by atoms with Crippen molar-refractivity contribution < 1.29 is 18.0 Å². The van der Waals surface area contributed by atoms with Crippen molar-refractivity contribution in [3.05, 3.63) is 34.9 Å². The van der Waals surface area contributed by atoms with E-state index in [0.717, 1.165) is 0 Å². The average molecular weight is 292 g/mol. The lowest BCUT2D eigenvalue weighted by atomic mass is 9.96. The van der Waals surface area contributed by atoms with E-state index in [1.54, 1.807) is 24.3 Å². The van der Waals surface area contributed by atoms with Gasteiger partial charge in [-0.2, -0.15) is 13.2 Å². The van der Waals surface area contributed by atoms with Crippen LogP contribution in [0.25, 0.3) is 0 Å². The quantitative estimate of drug-likeness (QED) is 0.771. The van der Waals surface area contributed by atoms with Crippen molar-refractivity contribution in [2.45, 2.75) is 19.0 Å². The molecule has 1 fully saturated rings. The van der Waals surface area contributed by atoms with Gasteiger partial charge in [0.05, 0.1) is 5.92 Å². The van der Waals surface area contributed by atoms with Crippen molar-refractivity contribution in [1.82, 2.24) is 4.90 Å². The number of carbonyl (C=O) groups excluding carboxylic acids is 1. The van der Waals surface area contributed by atoms with E-state index in [2.05, 4.69) is 0 Å². The number of alkyl halides is 3. The molecule has 0 aliphatic carbocycles. The van der Waals surface area contributed by atoms with Crippen LogP contribution in [0.2, 0.25) is 5.02 Å². The number of hydrogen-bond donors (Lipinski definition) is 0. The second-order valence-electron chi connectivity index (χ2n) is 4.61. The van der Waals surface area contributed by atoms with Crippen LogP contribution in [0.5, 0.6) is 0 Å². The minimum absolute atomic E-state index is 0.0250. The molecule has 1 amide bonds. The highest BCUT2D eigenvalue weighted by molar-refractivity contribution is 6.30. The third-order valence-corrected chi connectivity index (χ3v) is 3.59. The molecule has 1 saturated heterocycles. The van der Waals surface area contributed by atoms with E-state index in [9.17, 15) is 18.0 Å². The largest absolute Gasteiger partial charge is 0.391 e. The van der Waals surface area contributed by atoms with Crippen LogP contribution in [0.15, 0.2) is 24.3 Å². The number of amides is 1. The zero-order valence-corrected chi connectivity index (χ0v) is 10.8. The van der Waals surface area contributed by atoms with Crippen LogP contribution in [-0.2, 0) is 0 Å². The monoisotopic (exact) mass is 291 g/mol. The molecular formula is C13H13ClF3NO. The van der Waals surface area contributed by atoms with Crippen LogP contribution in [0, 0.1) is 5.92 Å². The van der Waals surface area contributed by atoms with Gasteiger partial charge in [0.2, 0.25) is 0 Å². The zero-order valence-electron chi connectivity index (χ0n) is 10.1. The first kappa shape index (κ1) is 14.2. The molecule has 1 aromatic rings. The Labute approximate surface area is 114 Å². The van der Waals surface area contributed by atoms with Gasteiger partial charge < -0.3 is 4.90 Å². The summed E-state index contributed by atoms with van der Waals surface area (Å²) in [6, 6.07) is 6.36. The summed E-state index contributed by atoms with van der Waals surface area (Å²) in [7, 11) is 0. The SMILES string of the molecule is O=C(c1ccc(Cl)cc1)N1CCC(C(F)(F)F)CC1. The number of piperidine rings is 1. The van der Waals surface area contributed by atoms with Gasteiger partial charge in [-0.05, 0) is 37.1 Å². The number of hydrogen-bond acceptors (Lipinski definition) is 1. The summed E-state index contributed by atoms with van der Waals surface area (Å²) < 4.78 is 37.6. The highest BCUT2D eigenvalue weighted by atomic mass is 35.5. The minimum Gasteiger partial charge on any atom is -0.339 e. The van der Waals surface area contributed by atoms with Crippen molar-refractivity contribution in [3.8, 4) is 0 Å². The Morgan fingerprint density at radius 3 is 2.16 bits per heavy atom. The summed E-state index contributed by atoms with van der Waals surface area (Å²) in [6.07, 6.45) is -4.21. The first-order valence-corrected chi connectivity index (χ1v) is 6.37. The molecule has 0 unspecified atom stereocenters. The second-order valence-corrected chi connectivity index (χ2v) is 5.05. The van der Waals surface area contributed by atoms with Crippen LogP contribution in [0.3, 0.4) is 0 Å². The first-order chi connectivity index (χ1) is 8.88. The lowest BCUT2D eigenvalue weighted by Gasteiger charge is -2.33. The molecule has 1 aliphatic rings. The third kappa shape index (κ3) is 3.41. The normalized spacial score (nSPS) is 17.6. The maximum atomic E-state index is 12.5. The van der Waals surface area contributed by atoms with E-state index in [0.29, 0.717) is 10.6 Å². The van der Waals surface area contributed by atoms with Crippen molar-refractivity contribution in [1.29, 1.82) is 0 Å². The molecule has 2 nitrogen and oxygen atoms in total. The van der Waals surface area contributed by atoms with Gasteiger partial charge in [0.25, 0.3) is 5.91 Å². The van der Waals surface area contributed by atoms with Gasteiger partial charge in [0.15, 0.2) is 0 Å². The van der Waals surface area contributed by atoms with Gasteiger partial charge in [-0.3, -0.25) is 4.79 Å². The number of likely N-dealkylation sites (tertiary alicyclic amines) is 1. The molecule has 6 heteroatoms. The third-order valence-electron chi connectivity index (χ3n) is 3.34. The molecule has 1 aliphatic heterocycles. The predicted octanol–water partition coefficient (Wildman–Crippen LogP) is 3.75. The molecule has 1 aromatic carbocycles. The van der Waals surface area contributed by atoms with Crippen molar-refractivity contribution >= 4 is 17.5 Å². The van der Waals surface area contributed by atoms with E-state index < -0.39 is 12.1 Å². The Morgan fingerprint density at radius 2 is 1.68 bits per heavy atom. The Hall–Kier alpha value is -1.23. The number of rotatable bonds is 1. The average Bonchev–Trinajstić information content (AvgIpc) is 2.38. The molecule has 0 aromatic heterocycles. The molecule has 0 saturated carbocycles. The molecule has 19 heavy (non-hydrogen) atoms. The molecule has 0 spiro atoms. The number of halogens is 4. The fraction of sp³-hybridized carbons (Fsp3) is 0.462. The molecular weight excluding hydrogens is 279 g/mol. The maximum absolute atomic E-state index is 12.5. The van der Waals surface area contributed by atoms with Gasteiger partial charge in [-0.25, -0.2) is 0 Å². The highest BCUT2D eigenvalue weighted by Gasteiger charge is 2.41. The summed E-state index contributed by atoms with van der Waals surface area (Å²) in [6.45, 7) is 0.289. The standard InChI is InChI=1S/C13H13ClF3NO/c14-11-3-1-9(2-4-11)12(19)18-7-5-10(6-8-18)13(15,16)17/h1-4,10H,5-8H2. The van der Waals surface area contributed by atoms with E-state index in [1.807, 2.05) is 0 Å². The fourth-order valence-corrected chi connectivity index (χ4v) is 2.31. The van der Waals surface area contributed by atoms with E-state index in [4.69, 9.17) is 11.6 Å². The molecule has 2 rings (SSSR count). The van der Waals surface area contributed by atoms with Crippen molar-refractivity contribution in [3.63, 3.8) is 0 Å². The summed E-state index contributed by atoms with van der Waals surface area (Å²) in [5.74, 6) is -1.53. The zero-order chi connectivity index (χ0) is 14.0. The Bertz CT molecular complexity index is 450. The lowest BCUT2D eigenvalue weighted by molar-refractivity contribution is -0.183. The molecule has 104 valence electrons. The van der Waals surface area contributed by atoms with E-state index in [1.165, 1.54) is 4.90 Å². The van der Waals surface area contributed by atoms with Gasteiger partial charge in [0, 0.05) is 23.7 Å². The Morgan fingerprint density at radius 1 is 1.16 bits per heavy atom. The van der Waals surface area contributed by atoms with Crippen molar-refractivity contribution in [2.24, 2.45) is 5.92 Å². The smallest absolute Gasteiger partial charge is 0.339 e. The molecule has 1 heterocycles. The van der Waals surface area contributed by atoms with Crippen LogP contribution < -0.4 is 0 Å². The van der Waals surface area contributed by atoms with Gasteiger partial charge in [0.1, 0.15) is 0 Å². The maximum Gasteiger partial charge on any atom is 0.391 e. The highest BCUT2D eigenvalue weighted by Crippen LogP contribution is 2.34. The van der Waals surface area contributed by atoms with Crippen LogP contribution in [-0.4, -0.2) is 30.1 Å². The van der Waals surface area contributed by atoms with Gasteiger partial charge in [-0.1, -0.05) is 11.6 Å². The molecule has 0 bridgehead atoms. The van der Waals surface area contributed by atoms with Gasteiger partial charge in [-0.15, -0.1) is 0 Å².